The van der Waals surface area contributed by atoms with Gasteiger partial charge in [0, 0.05) is 25.2 Å². The first kappa shape index (κ1) is 18.5. The van der Waals surface area contributed by atoms with Crippen molar-refractivity contribution in [1.29, 1.82) is 0 Å². The van der Waals surface area contributed by atoms with Gasteiger partial charge in [-0.05, 0) is 39.7 Å². The third-order valence-corrected chi connectivity index (χ3v) is 3.23. The second-order valence-electron chi connectivity index (χ2n) is 6.45. The summed E-state index contributed by atoms with van der Waals surface area (Å²) >= 11 is 0. The van der Waals surface area contributed by atoms with Crippen LogP contribution in [0.25, 0.3) is 0 Å². The Morgan fingerprint density at radius 2 is 1.91 bits per heavy atom. The molecule has 0 aliphatic heterocycles. The van der Waals surface area contributed by atoms with Crippen molar-refractivity contribution < 1.29 is 9.53 Å². The average molecular weight is 307 g/mol. The van der Waals surface area contributed by atoms with E-state index in [0.29, 0.717) is 13.1 Å². The smallest absolute Gasteiger partial charge is 0.407 e. The molecule has 1 amide bonds. The van der Waals surface area contributed by atoms with Crippen molar-refractivity contribution in [2.75, 3.05) is 13.1 Å². The third kappa shape index (κ3) is 7.43. The summed E-state index contributed by atoms with van der Waals surface area (Å²) in [4.78, 5) is 11.6. The van der Waals surface area contributed by atoms with E-state index >= 15 is 0 Å². The summed E-state index contributed by atoms with van der Waals surface area (Å²) in [5.41, 5.74) is 6.56. The number of hydrogen-bond acceptors (Lipinski definition) is 4. The first-order chi connectivity index (χ1) is 10.3. The first-order valence-electron chi connectivity index (χ1n) is 7.79. The highest BCUT2D eigenvalue weighted by Gasteiger charge is 2.16. The van der Waals surface area contributed by atoms with Crippen LogP contribution in [0.5, 0.6) is 0 Å². The molecule has 2 unspecified atom stereocenters. The topological polar surface area (TPSA) is 76.4 Å². The minimum absolute atomic E-state index is 0.144. The summed E-state index contributed by atoms with van der Waals surface area (Å²) in [6.07, 6.45) is 0.367. The average Bonchev–Trinajstić information content (AvgIpc) is 2.45. The molecular formula is C17H29N3O2. The normalized spacial score (nSPS) is 14.2. The Balaban J connectivity index is 2.35. The lowest BCUT2D eigenvalue weighted by molar-refractivity contribution is 0.0526. The summed E-state index contributed by atoms with van der Waals surface area (Å²) < 4.78 is 5.20. The molecule has 0 saturated carbocycles. The summed E-state index contributed by atoms with van der Waals surface area (Å²) in [6, 6.07) is 10.6. The molecular weight excluding hydrogens is 278 g/mol. The summed E-state index contributed by atoms with van der Waals surface area (Å²) in [5, 5.41) is 6.25. The van der Waals surface area contributed by atoms with Gasteiger partial charge in [-0.25, -0.2) is 4.79 Å². The fourth-order valence-corrected chi connectivity index (χ4v) is 2.12. The maximum atomic E-state index is 11.6. The molecule has 4 N–H and O–H groups in total. The monoisotopic (exact) mass is 307 g/mol. The second-order valence-corrected chi connectivity index (χ2v) is 6.45. The minimum atomic E-state index is -0.475. The number of rotatable bonds is 7. The van der Waals surface area contributed by atoms with Gasteiger partial charge in [0.1, 0.15) is 5.60 Å². The number of ether oxygens (including phenoxy) is 1. The van der Waals surface area contributed by atoms with Gasteiger partial charge in [0.2, 0.25) is 0 Å². The molecule has 0 heterocycles. The lowest BCUT2D eigenvalue weighted by Crippen LogP contribution is -2.41. The Morgan fingerprint density at radius 3 is 2.45 bits per heavy atom. The van der Waals surface area contributed by atoms with E-state index in [9.17, 15) is 4.79 Å². The van der Waals surface area contributed by atoms with Gasteiger partial charge in [-0.3, -0.25) is 0 Å². The Labute approximate surface area is 133 Å². The number of carbonyl (C=O) groups excluding carboxylic acids is 1. The molecule has 0 aromatic heterocycles. The quantitative estimate of drug-likeness (QED) is 0.723. The lowest BCUT2D eigenvalue weighted by atomic mass is 10.1. The maximum Gasteiger partial charge on any atom is 0.407 e. The van der Waals surface area contributed by atoms with Gasteiger partial charge in [-0.1, -0.05) is 30.3 Å². The van der Waals surface area contributed by atoms with Crippen LogP contribution in [0.3, 0.4) is 0 Å². The van der Waals surface area contributed by atoms with Crippen LogP contribution in [0, 0.1) is 0 Å². The molecule has 22 heavy (non-hydrogen) atoms. The highest BCUT2D eigenvalue weighted by molar-refractivity contribution is 5.67. The summed E-state index contributed by atoms with van der Waals surface area (Å²) in [5.74, 6) is 0. The van der Waals surface area contributed by atoms with Crippen molar-refractivity contribution in [3.05, 3.63) is 35.9 Å². The van der Waals surface area contributed by atoms with E-state index in [2.05, 4.69) is 29.7 Å². The molecule has 5 heteroatoms. The molecule has 2 atom stereocenters. The second kappa shape index (κ2) is 8.76. The highest BCUT2D eigenvalue weighted by Crippen LogP contribution is 2.12. The Bertz CT molecular complexity index is 443. The molecule has 124 valence electrons. The van der Waals surface area contributed by atoms with Crippen LogP contribution < -0.4 is 16.4 Å². The zero-order chi connectivity index (χ0) is 16.6. The molecule has 0 spiro atoms. The van der Waals surface area contributed by atoms with Crippen LogP contribution in [0.1, 0.15) is 45.7 Å². The minimum Gasteiger partial charge on any atom is -0.444 e. The Morgan fingerprint density at radius 1 is 1.27 bits per heavy atom. The number of hydrogen-bond donors (Lipinski definition) is 3. The van der Waals surface area contributed by atoms with Crippen molar-refractivity contribution in [2.24, 2.45) is 5.73 Å². The van der Waals surface area contributed by atoms with Crippen LogP contribution in [-0.2, 0) is 4.74 Å². The maximum absolute atomic E-state index is 11.6. The summed E-state index contributed by atoms with van der Waals surface area (Å²) in [7, 11) is 0. The van der Waals surface area contributed by atoms with Crippen LogP contribution in [-0.4, -0.2) is 30.8 Å². The van der Waals surface area contributed by atoms with Crippen molar-refractivity contribution in [1.82, 2.24) is 10.6 Å². The zero-order valence-electron chi connectivity index (χ0n) is 14.1. The van der Waals surface area contributed by atoms with E-state index < -0.39 is 5.60 Å². The molecule has 1 aromatic carbocycles. The molecule has 0 saturated heterocycles. The van der Waals surface area contributed by atoms with Crippen molar-refractivity contribution in [3.63, 3.8) is 0 Å². The van der Waals surface area contributed by atoms with E-state index in [1.807, 2.05) is 39.0 Å². The molecule has 1 rings (SSSR count). The van der Waals surface area contributed by atoms with Crippen molar-refractivity contribution in [2.45, 2.75) is 51.8 Å². The Kier molecular flexibility index (Phi) is 7.35. The number of nitrogens with two attached hydrogens (primary N) is 1. The number of amides is 1. The highest BCUT2D eigenvalue weighted by atomic mass is 16.6. The molecule has 5 nitrogen and oxygen atoms in total. The van der Waals surface area contributed by atoms with Crippen molar-refractivity contribution >= 4 is 6.09 Å². The fraction of sp³-hybridized carbons (Fsp3) is 0.588. The van der Waals surface area contributed by atoms with E-state index in [1.54, 1.807) is 0 Å². The SMILES string of the molecule is CC(NC(CN)CCNC(=O)OC(C)(C)C)c1ccccc1. The third-order valence-electron chi connectivity index (χ3n) is 3.23. The van der Waals surface area contributed by atoms with E-state index in [-0.39, 0.29) is 18.2 Å². The predicted octanol–water partition coefficient (Wildman–Crippen LogP) is 2.58. The van der Waals surface area contributed by atoms with E-state index in [4.69, 9.17) is 10.5 Å². The molecule has 1 aromatic rings. The van der Waals surface area contributed by atoms with Gasteiger partial charge >= 0.3 is 6.09 Å². The first-order valence-corrected chi connectivity index (χ1v) is 7.79. The molecule has 0 bridgehead atoms. The zero-order valence-corrected chi connectivity index (χ0v) is 14.1. The van der Waals surface area contributed by atoms with Crippen LogP contribution in [0.2, 0.25) is 0 Å². The molecule has 0 fully saturated rings. The van der Waals surface area contributed by atoms with E-state index in [1.165, 1.54) is 5.56 Å². The van der Waals surface area contributed by atoms with Gasteiger partial charge in [-0.15, -0.1) is 0 Å². The fourth-order valence-electron chi connectivity index (χ4n) is 2.12. The number of carbonyl (C=O) groups is 1. The largest absolute Gasteiger partial charge is 0.444 e. The van der Waals surface area contributed by atoms with Gasteiger partial charge in [0.05, 0.1) is 0 Å². The van der Waals surface area contributed by atoms with Gasteiger partial charge in [0.25, 0.3) is 0 Å². The molecule has 0 radical (unpaired) electrons. The van der Waals surface area contributed by atoms with Crippen LogP contribution in [0.4, 0.5) is 4.79 Å². The van der Waals surface area contributed by atoms with E-state index in [0.717, 1.165) is 6.42 Å². The Hall–Kier alpha value is -1.59. The van der Waals surface area contributed by atoms with Gasteiger partial charge < -0.3 is 21.1 Å². The molecule has 0 aliphatic rings. The molecule has 0 aliphatic carbocycles. The van der Waals surface area contributed by atoms with Crippen molar-refractivity contribution in [3.8, 4) is 0 Å². The number of alkyl carbamates (subject to hydrolysis) is 1. The predicted molar refractivity (Wildman–Crippen MR) is 89.7 cm³/mol. The number of benzene rings is 1. The van der Waals surface area contributed by atoms with Gasteiger partial charge in [0.15, 0.2) is 0 Å². The van der Waals surface area contributed by atoms with Crippen LogP contribution >= 0.6 is 0 Å². The standard InChI is InChI=1S/C17H29N3O2/c1-13(14-8-6-5-7-9-14)20-15(12-18)10-11-19-16(21)22-17(2,3)4/h5-9,13,15,20H,10-12,18H2,1-4H3,(H,19,21). The summed E-state index contributed by atoms with van der Waals surface area (Å²) in [6.45, 7) is 8.70. The van der Waals surface area contributed by atoms with Crippen LogP contribution in [0.15, 0.2) is 30.3 Å². The lowest BCUT2D eigenvalue weighted by Gasteiger charge is -2.23. The number of nitrogens with one attached hydrogen (secondary N) is 2. The van der Waals surface area contributed by atoms with Gasteiger partial charge in [-0.2, -0.15) is 0 Å².